The normalized spacial score (nSPS) is 10.7. The fourth-order valence-corrected chi connectivity index (χ4v) is 1.51. The van der Waals surface area contributed by atoms with Crippen LogP contribution in [0.3, 0.4) is 0 Å². The van der Waals surface area contributed by atoms with Gasteiger partial charge >= 0.3 is 0 Å². The average molecular weight is 219 g/mol. The smallest absolute Gasteiger partial charge is 0.278 e. The number of hydrogen-bond acceptors (Lipinski definition) is 3. The zero-order valence-electron chi connectivity index (χ0n) is 9.47. The molecule has 5 nitrogen and oxygen atoms in total. The Kier molecular flexibility index (Phi) is 2.62. The number of aromatic nitrogens is 2. The van der Waals surface area contributed by atoms with Crippen LogP contribution in [-0.4, -0.2) is 34.5 Å². The molecule has 0 N–H and O–H groups in total. The summed E-state index contributed by atoms with van der Waals surface area (Å²) in [6, 6.07) is 3.54. The van der Waals surface area contributed by atoms with E-state index in [9.17, 15) is 4.79 Å². The third kappa shape index (κ3) is 1.77. The second-order valence-electron chi connectivity index (χ2n) is 3.55. The molecule has 2 rings (SSSR count). The van der Waals surface area contributed by atoms with E-state index in [2.05, 4.69) is 4.98 Å². The lowest BCUT2D eigenvalue weighted by atomic mass is 10.2. The van der Waals surface area contributed by atoms with Crippen molar-refractivity contribution in [3.05, 3.63) is 35.8 Å². The summed E-state index contributed by atoms with van der Waals surface area (Å²) in [5, 5.41) is 1.19. The van der Waals surface area contributed by atoms with E-state index in [0.29, 0.717) is 5.56 Å². The van der Waals surface area contributed by atoms with E-state index in [1.54, 1.807) is 19.3 Å². The fourth-order valence-electron chi connectivity index (χ4n) is 1.51. The maximum Gasteiger partial charge on any atom is 0.278 e. The van der Waals surface area contributed by atoms with Crippen LogP contribution < -0.4 is 0 Å². The Labute approximate surface area is 93.2 Å². The van der Waals surface area contributed by atoms with Crippen LogP contribution in [0.15, 0.2) is 24.5 Å². The van der Waals surface area contributed by atoms with E-state index in [4.69, 9.17) is 4.84 Å². The largest absolute Gasteiger partial charge is 0.306 e. The monoisotopic (exact) mass is 219 g/mol. The van der Waals surface area contributed by atoms with E-state index in [-0.39, 0.29) is 5.91 Å². The lowest BCUT2D eigenvalue weighted by molar-refractivity contribution is -0.0757. The molecule has 0 aliphatic heterocycles. The van der Waals surface area contributed by atoms with E-state index >= 15 is 0 Å². The lowest BCUT2D eigenvalue weighted by Gasteiger charge is -2.13. The van der Waals surface area contributed by atoms with Crippen LogP contribution >= 0.6 is 0 Å². The van der Waals surface area contributed by atoms with Crippen LogP contribution in [-0.2, 0) is 4.84 Å². The third-order valence-corrected chi connectivity index (χ3v) is 2.38. The predicted molar refractivity (Wildman–Crippen MR) is 59.0 cm³/mol. The maximum absolute atomic E-state index is 11.8. The molecular weight excluding hydrogens is 206 g/mol. The van der Waals surface area contributed by atoms with Crippen molar-refractivity contribution in [2.24, 2.45) is 0 Å². The molecule has 84 valence electrons. The first kappa shape index (κ1) is 10.6. The number of carbonyl (C=O) groups excluding carboxylic acids is 1. The van der Waals surface area contributed by atoms with E-state index in [0.717, 1.165) is 11.3 Å². The number of fused-ring (bicyclic) bond motifs is 1. The molecule has 0 bridgehead atoms. The van der Waals surface area contributed by atoms with Crippen molar-refractivity contribution in [2.45, 2.75) is 6.92 Å². The lowest BCUT2D eigenvalue weighted by Crippen LogP contribution is -2.25. The fraction of sp³-hybridized carbons (Fsp3) is 0.273. The molecule has 5 heteroatoms. The summed E-state index contributed by atoms with van der Waals surface area (Å²) in [4.78, 5) is 20.9. The van der Waals surface area contributed by atoms with Crippen molar-refractivity contribution < 1.29 is 9.63 Å². The first-order chi connectivity index (χ1) is 7.61. The van der Waals surface area contributed by atoms with E-state index in [1.807, 2.05) is 23.6 Å². The minimum atomic E-state index is -0.184. The predicted octanol–water partition coefficient (Wildman–Crippen LogP) is 1.28. The summed E-state index contributed by atoms with van der Waals surface area (Å²) in [6.07, 6.45) is 3.62. The molecule has 0 aromatic carbocycles. The highest BCUT2D eigenvalue weighted by Crippen LogP contribution is 2.09. The first-order valence-corrected chi connectivity index (χ1v) is 4.89. The summed E-state index contributed by atoms with van der Waals surface area (Å²) >= 11 is 0. The van der Waals surface area contributed by atoms with Gasteiger partial charge < -0.3 is 4.40 Å². The molecule has 0 spiro atoms. The average Bonchev–Trinajstić information content (AvgIpc) is 2.65. The summed E-state index contributed by atoms with van der Waals surface area (Å²) in [7, 11) is 3.03. The Hall–Kier alpha value is -1.88. The number of nitrogens with zero attached hydrogens (tertiary/aromatic N) is 3. The summed E-state index contributed by atoms with van der Waals surface area (Å²) in [5.41, 5.74) is 2.31. The van der Waals surface area contributed by atoms with Gasteiger partial charge in [0, 0.05) is 19.4 Å². The van der Waals surface area contributed by atoms with Gasteiger partial charge in [0.05, 0.1) is 18.4 Å². The van der Waals surface area contributed by atoms with Crippen molar-refractivity contribution >= 4 is 11.6 Å². The number of hydroxylamine groups is 2. The molecule has 1 amide bonds. The van der Waals surface area contributed by atoms with Gasteiger partial charge in [-0.3, -0.25) is 9.63 Å². The second kappa shape index (κ2) is 3.94. The van der Waals surface area contributed by atoms with Gasteiger partial charge in [-0.15, -0.1) is 0 Å². The zero-order valence-corrected chi connectivity index (χ0v) is 9.47. The van der Waals surface area contributed by atoms with Crippen molar-refractivity contribution in [2.75, 3.05) is 14.2 Å². The van der Waals surface area contributed by atoms with Crippen LogP contribution in [0.1, 0.15) is 16.1 Å². The molecule has 16 heavy (non-hydrogen) atoms. The van der Waals surface area contributed by atoms with Crippen molar-refractivity contribution in [1.29, 1.82) is 0 Å². The SMILES string of the molecule is CON(C)C(=O)c1ccc2nc(C)cn2c1. The van der Waals surface area contributed by atoms with Crippen molar-refractivity contribution in [3.63, 3.8) is 0 Å². The van der Waals surface area contributed by atoms with Crippen molar-refractivity contribution in [1.82, 2.24) is 14.4 Å². The van der Waals surface area contributed by atoms with Crippen LogP contribution in [0.2, 0.25) is 0 Å². The summed E-state index contributed by atoms with van der Waals surface area (Å²) in [6.45, 7) is 1.91. The molecule has 0 fully saturated rings. The number of carbonyl (C=O) groups is 1. The molecule has 0 atom stereocenters. The van der Waals surface area contributed by atoms with Gasteiger partial charge in [0.25, 0.3) is 5.91 Å². The number of imidazole rings is 1. The van der Waals surface area contributed by atoms with Crippen LogP contribution in [0.5, 0.6) is 0 Å². The number of rotatable bonds is 2. The molecule has 2 aromatic rings. The molecule has 0 unspecified atom stereocenters. The summed E-state index contributed by atoms with van der Waals surface area (Å²) in [5.74, 6) is -0.184. The quantitative estimate of drug-likeness (QED) is 0.715. The number of hydrogen-bond donors (Lipinski definition) is 0. The number of pyridine rings is 1. The first-order valence-electron chi connectivity index (χ1n) is 4.89. The van der Waals surface area contributed by atoms with Gasteiger partial charge in [0.15, 0.2) is 0 Å². The standard InChI is InChI=1S/C11H13N3O2/c1-8-6-14-7-9(4-5-10(14)12-8)11(15)13(2)16-3/h4-7H,1-3H3. The third-order valence-electron chi connectivity index (χ3n) is 2.38. The van der Waals surface area contributed by atoms with Crippen molar-refractivity contribution in [3.8, 4) is 0 Å². The Morgan fingerprint density at radius 3 is 2.88 bits per heavy atom. The van der Waals surface area contributed by atoms with Crippen LogP contribution in [0, 0.1) is 6.92 Å². The van der Waals surface area contributed by atoms with E-state index < -0.39 is 0 Å². The Morgan fingerprint density at radius 1 is 1.44 bits per heavy atom. The van der Waals surface area contributed by atoms with Gasteiger partial charge in [0.1, 0.15) is 5.65 Å². The second-order valence-corrected chi connectivity index (χ2v) is 3.55. The Balaban J connectivity index is 2.42. The highest BCUT2D eigenvalue weighted by molar-refractivity contribution is 5.93. The Bertz CT molecular complexity index is 533. The van der Waals surface area contributed by atoms with Gasteiger partial charge in [-0.2, -0.15) is 0 Å². The molecule has 0 saturated heterocycles. The van der Waals surface area contributed by atoms with Gasteiger partial charge in [0.2, 0.25) is 0 Å². The molecule has 2 heterocycles. The molecule has 0 saturated carbocycles. The van der Waals surface area contributed by atoms with Gasteiger partial charge in [-0.05, 0) is 19.1 Å². The summed E-state index contributed by atoms with van der Waals surface area (Å²) < 4.78 is 1.83. The van der Waals surface area contributed by atoms with E-state index in [1.165, 1.54) is 12.2 Å². The van der Waals surface area contributed by atoms with Crippen LogP contribution in [0.4, 0.5) is 0 Å². The molecule has 0 radical (unpaired) electrons. The molecule has 0 aliphatic carbocycles. The highest BCUT2D eigenvalue weighted by Gasteiger charge is 2.11. The van der Waals surface area contributed by atoms with Gasteiger partial charge in [-0.1, -0.05) is 0 Å². The molecule has 2 aromatic heterocycles. The maximum atomic E-state index is 11.8. The molecular formula is C11H13N3O2. The highest BCUT2D eigenvalue weighted by atomic mass is 16.7. The minimum absolute atomic E-state index is 0.184. The number of amides is 1. The van der Waals surface area contributed by atoms with Crippen LogP contribution in [0.25, 0.3) is 5.65 Å². The van der Waals surface area contributed by atoms with Gasteiger partial charge in [-0.25, -0.2) is 10.0 Å². The topological polar surface area (TPSA) is 46.8 Å². The number of aryl methyl sites for hydroxylation is 1. The minimum Gasteiger partial charge on any atom is -0.306 e. The zero-order chi connectivity index (χ0) is 11.7. The Morgan fingerprint density at radius 2 is 2.19 bits per heavy atom. The molecule has 0 aliphatic rings.